The smallest absolute Gasteiger partial charge is 0.321 e. The van der Waals surface area contributed by atoms with Crippen LogP contribution in [-0.2, 0) is 14.3 Å². The number of rotatable bonds is 4. The monoisotopic (exact) mass is 304 g/mol. The number of carbonyl (C=O) groups is 2. The van der Waals surface area contributed by atoms with Crippen LogP contribution in [0.5, 0.6) is 0 Å². The lowest BCUT2D eigenvalue weighted by molar-refractivity contribution is -0.155. The summed E-state index contributed by atoms with van der Waals surface area (Å²) in [6.07, 6.45) is -1.32. The molecule has 0 aliphatic carbocycles. The molecule has 0 bridgehead atoms. The number of aliphatic hydroxyl groups excluding tert-OH is 1. The number of carbonyl (C=O) groups excluding carboxylic acids is 2. The molecule has 1 aromatic rings. The first-order chi connectivity index (χ1) is 10.5. The predicted octanol–water partition coefficient (Wildman–Crippen LogP) is 1.18. The fourth-order valence-electron chi connectivity index (χ4n) is 2.29. The van der Waals surface area contributed by atoms with Crippen LogP contribution in [0.2, 0.25) is 0 Å². The van der Waals surface area contributed by atoms with E-state index < -0.39 is 23.9 Å². The molecule has 2 N–H and O–H groups in total. The van der Waals surface area contributed by atoms with Crippen molar-refractivity contribution in [2.24, 2.45) is 11.0 Å². The molecule has 0 spiro atoms. The molecule has 6 heteroatoms. The third kappa shape index (κ3) is 3.17. The molecule has 0 aromatic heterocycles. The number of nitrogens with one attached hydrogen (secondary N) is 1. The molecular formula is C16H20N2O4. The largest absolute Gasteiger partial charge is 0.465 e. The Morgan fingerprint density at radius 3 is 2.55 bits per heavy atom. The van der Waals surface area contributed by atoms with E-state index in [9.17, 15) is 14.7 Å². The van der Waals surface area contributed by atoms with Gasteiger partial charge in [0.1, 0.15) is 6.10 Å². The van der Waals surface area contributed by atoms with Gasteiger partial charge in [0, 0.05) is 5.56 Å². The number of nitrogens with zero attached hydrogens (tertiary/aromatic N) is 1. The van der Waals surface area contributed by atoms with Crippen molar-refractivity contribution in [3.63, 3.8) is 0 Å². The van der Waals surface area contributed by atoms with Crippen LogP contribution in [0.3, 0.4) is 0 Å². The van der Waals surface area contributed by atoms with Gasteiger partial charge in [-0.2, -0.15) is 5.10 Å². The SMILES string of the molecule is CCOC(=O)C1C(=O)NN=C(c2ccc(C(C)C)cc2)C1O. The van der Waals surface area contributed by atoms with Gasteiger partial charge in [0.2, 0.25) is 0 Å². The Morgan fingerprint density at radius 1 is 1.36 bits per heavy atom. The van der Waals surface area contributed by atoms with Crippen LogP contribution in [-0.4, -0.2) is 35.4 Å². The summed E-state index contributed by atoms with van der Waals surface area (Å²) >= 11 is 0. The number of aliphatic hydroxyl groups is 1. The summed E-state index contributed by atoms with van der Waals surface area (Å²) in [5.41, 5.74) is 4.35. The van der Waals surface area contributed by atoms with E-state index in [1.807, 2.05) is 24.3 Å². The number of esters is 1. The normalized spacial score (nSPS) is 21.3. The van der Waals surface area contributed by atoms with Crippen LogP contribution < -0.4 is 5.43 Å². The number of hydrazone groups is 1. The lowest BCUT2D eigenvalue weighted by atomic mass is 9.91. The van der Waals surface area contributed by atoms with Crippen molar-refractivity contribution < 1.29 is 19.4 Å². The number of benzene rings is 1. The maximum atomic E-state index is 11.8. The molecule has 0 fully saturated rings. The first kappa shape index (κ1) is 16.2. The van der Waals surface area contributed by atoms with Crippen LogP contribution >= 0.6 is 0 Å². The molecule has 0 saturated carbocycles. The summed E-state index contributed by atoms with van der Waals surface area (Å²) in [5.74, 6) is -2.32. The molecule has 2 rings (SSSR count). The fraction of sp³-hybridized carbons (Fsp3) is 0.438. The molecule has 1 aliphatic rings. The second kappa shape index (κ2) is 6.70. The zero-order valence-electron chi connectivity index (χ0n) is 12.9. The number of hydrogen-bond acceptors (Lipinski definition) is 5. The molecule has 22 heavy (non-hydrogen) atoms. The zero-order chi connectivity index (χ0) is 16.3. The van der Waals surface area contributed by atoms with E-state index in [-0.39, 0.29) is 12.3 Å². The topological polar surface area (TPSA) is 88.0 Å². The number of ether oxygens (including phenoxy) is 1. The molecule has 1 heterocycles. The standard InChI is InChI=1S/C16H20N2O4/c1-4-22-16(21)12-14(19)13(17-18-15(12)20)11-7-5-10(6-8-11)9(2)3/h5-9,12,14,19H,4H2,1-3H3,(H,18,20). The average Bonchev–Trinajstić information content (AvgIpc) is 2.48. The lowest BCUT2D eigenvalue weighted by Gasteiger charge is -2.25. The second-order valence-electron chi connectivity index (χ2n) is 5.42. The third-order valence-corrected chi connectivity index (χ3v) is 3.58. The van der Waals surface area contributed by atoms with E-state index in [0.717, 1.165) is 5.56 Å². The van der Waals surface area contributed by atoms with Crippen molar-refractivity contribution in [2.75, 3.05) is 6.61 Å². The quantitative estimate of drug-likeness (QED) is 0.646. The highest BCUT2D eigenvalue weighted by Crippen LogP contribution is 2.20. The molecule has 6 nitrogen and oxygen atoms in total. The molecule has 2 atom stereocenters. The maximum Gasteiger partial charge on any atom is 0.321 e. The minimum Gasteiger partial charge on any atom is -0.465 e. The Balaban J connectivity index is 2.27. The van der Waals surface area contributed by atoms with E-state index in [1.54, 1.807) is 6.92 Å². The van der Waals surface area contributed by atoms with Gasteiger partial charge >= 0.3 is 5.97 Å². The van der Waals surface area contributed by atoms with Crippen molar-refractivity contribution in [2.45, 2.75) is 32.8 Å². The average molecular weight is 304 g/mol. The van der Waals surface area contributed by atoms with Gasteiger partial charge in [0.15, 0.2) is 5.92 Å². The maximum absolute atomic E-state index is 11.8. The summed E-state index contributed by atoms with van der Waals surface area (Å²) in [6, 6.07) is 7.50. The van der Waals surface area contributed by atoms with Gasteiger partial charge < -0.3 is 9.84 Å². The Morgan fingerprint density at radius 2 is 2.00 bits per heavy atom. The van der Waals surface area contributed by atoms with Gasteiger partial charge in [-0.1, -0.05) is 38.1 Å². The Labute approximate surface area is 129 Å². The molecule has 118 valence electrons. The van der Waals surface area contributed by atoms with Gasteiger partial charge in [0.05, 0.1) is 12.3 Å². The zero-order valence-corrected chi connectivity index (χ0v) is 12.9. The molecule has 1 aromatic carbocycles. The van der Waals surface area contributed by atoms with Crippen molar-refractivity contribution in [3.8, 4) is 0 Å². The van der Waals surface area contributed by atoms with Crippen LogP contribution in [0.15, 0.2) is 29.4 Å². The Hall–Kier alpha value is -2.21. The van der Waals surface area contributed by atoms with Gasteiger partial charge in [-0.05, 0) is 18.4 Å². The van der Waals surface area contributed by atoms with Gasteiger partial charge in [-0.15, -0.1) is 0 Å². The molecule has 1 aliphatic heterocycles. The highest BCUT2D eigenvalue weighted by atomic mass is 16.5. The highest BCUT2D eigenvalue weighted by Gasteiger charge is 2.41. The van der Waals surface area contributed by atoms with E-state index >= 15 is 0 Å². The van der Waals surface area contributed by atoms with Crippen LogP contribution in [0.25, 0.3) is 0 Å². The molecule has 2 unspecified atom stereocenters. The van der Waals surface area contributed by atoms with Crippen LogP contribution in [0, 0.1) is 5.92 Å². The van der Waals surface area contributed by atoms with Crippen molar-refractivity contribution >= 4 is 17.6 Å². The first-order valence-electron chi connectivity index (χ1n) is 7.28. The molecule has 0 radical (unpaired) electrons. The summed E-state index contributed by atoms with van der Waals surface area (Å²) in [5, 5.41) is 14.2. The number of hydrogen-bond donors (Lipinski definition) is 2. The van der Waals surface area contributed by atoms with Crippen molar-refractivity contribution in [3.05, 3.63) is 35.4 Å². The summed E-state index contributed by atoms with van der Waals surface area (Å²) < 4.78 is 4.84. The second-order valence-corrected chi connectivity index (χ2v) is 5.42. The third-order valence-electron chi connectivity index (χ3n) is 3.58. The Bertz CT molecular complexity index is 593. The van der Waals surface area contributed by atoms with Crippen LogP contribution in [0.4, 0.5) is 0 Å². The van der Waals surface area contributed by atoms with Gasteiger partial charge in [-0.3, -0.25) is 9.59 Å². The summed E-state index contributed by atoms with van der Waals surface area (Å²) in [7, 11) is 0. The highest BCUT2D eigenvalue weighted by molar-refractivity contribution is 6.13. The number of amides is 1. The Kier molecular flexibility index (Phi) is 4.92. The van der Waals surface area contributed by atoms with Crippen molar-refractivity contribution in [1.82, 2.24) is 5.43 Å². The summed E-state index contributed by atoms with van der Waals surface area (Å²) in [4.78, 5) is 23.6. The minimum atomic E-state index is -1.32. The van der Waals surface area contributed by atoms with E-state index in [1.165, 1.54) is 0 Å². The van der Waals surface area contributed by atoms with Crippen molar-refractivity contribution in [1.29, 1.82) is 0 Å². The molecule has 0 saturated heterocycles. The van der Waals surface area contributed by atoms with E-state index in [0.29, 0.717) is 11.5 Å². The van der Waals surface area contributed by atoms with Gasteiger partial charge in [-0.25, -0.2) is 5.43 Å². The first-order valence-corrected chi connectivity index (χ1v) is 7.28. The van der Waals surface area contributed by atoms with E-state index in [2.05, 4.69) is 24.4 Å². The lowest BCUT2D eigenvalue weighted by Crippen LogP contribution is -2.50. The molecule has 1 amide bonds. The molecular weight excluding hydrogens is 284 g/mol. The summed E-state index contributed by atoms with van der Waals surface area (Å²) in [6.45, 7) is 5.95. The minimum absolute atomic E-state index is 0.144. The van der Waals surface area contributed by atoms with E-state index in [4.69, 9.17) is 4.74 Å². The van der Waals surface area contributed by atoms with Crippen LogP contribution in [0.1, 0.15) is 37.8 Å². The predicted molar refractivity (Wildman–Crippen MR) is 81.3 cm³/mol. The fourth-order valence-corrected chi connectivity index (χ4v) is 2.29. The van der Waals surface area contributed by atoms with Gasteiger partial charge in [0.25, 0.3) is 5.91 Å².